The van der Waals surface area contributed by atoms with Crippen molar-refractivity contribution in [2.75, 3.05) is 6.54 Å². The molecular formula is C9H10N2O2. The summed E-state index contributed by atoms with van der Waals surface area (Å²) < 4.78 is 5.04. The van der Waals surface area contributed by atoms with Gasteiger partial charge in [-0.25, -0.2) is 4.79 Å². The van der Waals surface area contributed by atoms with E-state index in [-0.39, 0.29) is 12.2 Å². The van der Waals surface area contributed by atoms with Crippen molar-refractivity contribution in [2.45, 2.75) is 13.0 Å². The lowest BCUT2D eigenvalue weighted by atomic mass is 10.1. The quantitative estimate of drug-likeness (QED) is 0.702. The Labute approximate surface area is 75.9 Å². The molecule has 0 bridgehead atoms. The van der Waals surface area contributed by atoms with Gasteiger partial charge in [0.15, 0.2) is 0 Å². The highest BCUT2D eigenvalue weighted by atomic mass is 16.6. The van der Waals surface area contributed by atoms with E-state index in [1.807, 2.05) is 19.1 Å². The van der Waals surface area contributed by atoms with Crippen molar-refractivity contribution in [1.29, 1.82) is 0 Å². The van der Waals surface area contributed by atoms with E-state index in [1.54, 1.807) is 6.20 Å². The van der Waals surface area contributed by atoms with Crippen LogP contribution in [0.25, 0.3) is 0 Å². The molecule has 68 valence electrons. The molecule has 2 rings (SSSR count). The van der Waals surface area contributed by atoms with Gasteiger partial charge in [-0.15, -0.1) is 0 Å². The maximum absolute atomic E-state index is 10.8. The van der Waals surface area contributed by atoms with Gasteiger partial charge in [0.25, 0.3) is 0 Å². The van der Waals surface area contributed by atoms with Gasteiger partial charge in [-0.3, -0.25) is 4.98 Å². The smallest absolute Gasteiger partial charge is 0.407 e. The summed E-state index contributed by atoms with van der Waals surface area (Å²) in [6.07, 6.45) is 1.19. The predicted octanol–water partition coefficient (Wildman–Crippen LogP) is 1.17. The highest BCUT2D eigenvalue weighted by Gasteiger charge is 2.25. The molecule has 1 aliphatic heterocycles. The second-order valence-electron chi connectivity index (χ2n) is 2.95. The van der Waals surface area contributed by atoms with Crippen LogP contribution in [0.5, 0.6) is 0 Å². The van der Waals surface area contributed by atoms with Crippen LogP contribution in [0.2, 0.25) is 0 Å². The number of rotatable bonds is 1. The molecule has 1 unspecified atom stereocenters. The number of alkyl carbamates (subject to hydrolysis) is 1. The van der Waals surface area contributed by atoms with Crippen molar-refractivity contribution in [3.8, 4) is 0 Å². The highest BCUT2D eigenvalue weighted by Crippen LogP contribution is 2.22. The minimum Gasteiger partial charge on any atom is -0.439 e. The molecule has 1 atom stereocenters. The second kappa shape index (κ2) is 3.05. The summed E-state index contributed by atoms with van der Waals surface area (Å²) in [5, 5.41) is 2.61. The fourth-order valence-electron chi connectivity index (χ4n) is 1.40. The van der Waals surface area contributed by atoms with Gasteiger partial charge in [-0.1, -0.05) is 6.07 Å². The van der Waals surface area contributed by atoms with E-state index in [9.17, 15) is 4.79 Å². The van der Waals surface area contributed by atoms with Crippen molar-refractivity contribution in [1.82, 2.24) is 10.3 Å². The molecule has 0 aliphatic carbocycles. The zero-order valence-electron chi connectivity index (χ0n) is 7.28. The summed E-state index contributed by atoms with van der Waals surface area (Å²) in [4.78, 5) is 14.9. The summed E-state index contributed by atoms with van der Waals surface area (Å²) in [7, 11) is 0. The Kier molecular flexibility index (Phi) is 1.88. The average Bonchev–Trinajstić information content (AvgIpc) is 2.53. The first kappa shape index (κ1) is 8.04. The first-order valence-electron chi connectivity index (χ1n) is 4.13. The number of ether oxygens (including phenoxy) is 1. The lowest BCUT2D eigenvalue weighted by Gasteiger charge is -2.09. The van der Waals surface area contributed by atoms with E-state index in [0.29, 0.717) is 6.54 Å². The van der Waals surface area contributed by atoms with Crippen LogP contribution in [0.3, 0.4) is 0 Å². The zero-order valence-corrected chi connectivity index (χ0v) is 7.28. The lowest BCUT2D eigenvalue weighted by Crippen LogP contribution is -2.12. The fraction of sp³-hybridized carbons (Fsp3) is 0.333. The van der Waals surface area contributed by atoms with Crippen LogP contribution in [0.4, 0.5) is 4.79 Å². The lowest BCUT2D eigenvalue weighted by molar-refractivity contribution is 0.140. The van der Waals surface area contributed by atoms with Crippen molar-refractivity contribution < 1.29 is 9.53 Å². The Morgan fingerprint density at radius 2 is 2.54 bits per heavy atom. The van der Waals surface area contributed by atoms with Gasteiger partial charge in [-0.05, 0) is 13.0 Å². The van der Waals surface area contributed by atoms with Gasteiger partial charge in [0.1, 0.15) is 6.10 Å². The third-order valence-electron chi connectivity index (χ3n) is 2.08. The molecule has 1 aliphatic rings. The number of nitrogens with one attached hydrogen (secondary N) is 1. The van der Waals surface area contributed by atoms with Crippen LogP contribution in [0, 0.1) is 6.92 Å². The van der Waals surface area contributed by atoms with Gasteiger partial charge in [-0.2, -0.15) is 0 Å². The Morgan fingerprint density at radius 3 is 3.15 bits per heavy atom. The molecule has 2 heterocycles. The average molecular weight is 178 g/mol. The third-order valence-corrected chi connectivity index (χ3v) is 2.08. The van der Waals surface area contributed by atoms with Crippen LogP contribution in [0.1, 0.15) is 17.4 Å². The molecule has 1 amide bonds. The summed E-state index contributed by atoms with van der Waals surface area (Å²) in [6.45, 7) is 2.44. The number of aryl methyl sites for hydroxylation is 1. The number of carbonyl (C=O) groups is 1. The van der Waals surface area contributed by atoms with E-state index < -0.39 is 0 Å². The van der Waals surface area contributed by atoms with Crippen molar-refractivity contribution in [3.05, 3.63) is 29.6 Å². The summed E-state index contributed by atoms with van der Waals surface area (Å²) in [6, 6.07) is 3.77. The molecule has 1 saturated heterocycles. The normalized spacial score (nSPS) is 21.0. The number of hydrogen-bond acceptors (Lipinski definition) is 3. The topological polar surface area (TPSA) is 51.2 Å². The van der Waals surface area contributed by atoms with Crippen molar-refractivity contribution in [3.63, 3.8) is 0 Å². The number of pyridine rings is 1. The van der Waals surface area contributed by atoms with Crippen LogP contribution in [-0.2, 0) is 4.74 Å². The van der Waals surface area contributed by atoms with Gasteiger partial charge in [0.05, 0.1) is 6.54 Å². The minimum atomic E-state index is -0.353. The zero-order chi connectivity index (χ0) is 9.26. The Morgan fingerprint density at radius 1 is 1.69 bits per heavy atom. The number of cyclic esters (lactones) is 1. The predicted molar refractivity (Wildman–Crippen MR) is 46.2 cm³/mol. The number of aromatic nitrogens is 1. The van der Waals surface area contributed by atoms with E-state index in [4.69, 9.17) is 4.74 Å². The molecule has 1 aromatic rings. The first-order chi connectivity index (χ1) is 6.27. The summed E-state index contributed by atoms with van der Waals surface area (Å²) in [5.41, 5.74) is 1.88. The molecule has 0 radical (unpaired) electrons. The number of amides is 1. The molecule has 0 saturated carbocycles. The monoisotopic (exact) mass is 178 g/mol. The number of carbonyl (C=O) groups excluding carboxylic acids is 1. The molecule has 0 spiro atoms. The molecule has 4 heteroatoms. The molecule has 1 aromatic heterocycles. The number of hydrogen-bond donors (Lipinski definition) is 1. The van der Waals surface area contributed by atoms with Gasteiger partial charge < -0.3 is 10.1 Å². The van der Waals surface area contributed by atoms with Crippen LogP contribution in [0.15, 0.2) is 18.3 Å². The molecule has 0 aromatic carbocycles. The molecule has 4 nitrogen and oxygen atoms in total. The third kappa shape index (κ3) is 1.47. The Bertz CT molecular complexity index is 338. The van der Waals surface area contributed by atoms with Gasteiger partial charge >= 0.3 is 6.09 Å². The van der Waals surface area contributed by atoms with Gasteiger partial charge in [0, 0.05) is 17.5 Å². The van der Waals surface area contributed by atoms with E-state index in [2.05, 4.69) is 10.3 Å². The van der Waals surface area contributed by atoms with Crippen LogP contribution in [-0.4, -0.2) is 17.6 Å². The fourth-order valence-corrected chi connectivity index (χ4v) is 1.40. The van der Waals surface area contributed by atoms with Crippen molar-refractivity contribution in [2.24, 2.45) is 0 Å². The van der Waals surface area contributed by atoms with E-state index in [0.717, 1.165) is 11.3 Å². The molecule has 13 heavy (non-hydrogen) atoms. The van der Waals surface area contributed by atoms with Crippen molar-refractivity contribution >= 4 is 6.09 Å². The molecular weight excluding hydrogens is 168 g/mol. The molecule has 1 fully saturated rings. The minimum absolute atomic E-state index is 0.179. The van der Waals surface area contributed by atoms with Gasteiger partial charge in [0.2, 0.25) is 0 Å². The summed E-state index contributed by atoms with van der Waals surface area (Å²) in [5.74, 6) is 0. The van der Waals surface area contributed by atoms with E-state index >= 15 is 0 Å². The Balaban J connectivity index is 2.26. The standard InChI is InChI=1S/C9H10N2O2/c1-6-7(3-2-4-10-6)8-5-11-9(12)13-8/h2-4,8H,5H2,1H3,(H,11,12). The maximum atomic E-state index is 10.8. The SMILES string of the molecule is Cc1ncccc1C1CNC(=O)O1. The van der Waals surface area contributed by atoms with Crippen LogP contribution < -0.4 is 5.32 Å². The molecule has 1 N–H and O–H groups in total. The van der Waals surface area contributed by atoms with E-state index in [1.165, 1.54) is 0 Å². The summed E-state index contributed by atoms with van der Waals surface area (Å²) >= 11 is 0. The largest absolute Gasteiger partial charge is 0.439 e. The first-order valence-corrected chi connectivity index (χ1v) is 4.13. The maximum Gasteiger partial charge on any atom is 0.407 e. The second-order valence-corrected chi connectivity index (χ2v) is 2.95. The highest BCUT2D eigenvalue weighted by molar-refractivity contribution is 5.69. The number of nitrogens with zero attached hydrogens (tertiary/aromatic N) is 1. The van der Waals surface area contributed by atoms with Crippen LogP contribution >= 0.6 is 0 Å². The Hall–Kier alpha value is -1.58.